The van der Waals surface area contributed by atoms with E-state index in [9.17, 15) is 9.59 Å². The first kappa shape index (κ1) is 29.7. The normalized spacial score (nSPS) is 17.1. The number of benzene rings is 1. The molecule has 4 heterocycles. The molecule has 1 aliphatic carbocycles. The van der Waals surface area contributed by atoms with Crippen LogP contribution in [0, 0.1) is 5.92 Å². The summed E-state index contributed by atoms with van der Waals surface area (Å²) in [6.07, 6.45) is 8.46. The number of nitrogens with one attached hydrogen (secondary N) is 1. The molecule has 2 fully saturated rings. The van der Waals surface area contributed by atoms with Gasteiger partial charge in [-0.3, -0.25) is 9.59 Å². The summed E-state index contributed by atoms with van der Waals surface area (Å²) in [6, 6.07) is 6.08. The molecule has 0 radical (unpaired) electrons. The number of fused-ring (bicyclic) bond motifs is 2. The first-order valence-electron chi connectivity index (χ1n) is 15.0. The lowest BCUT2D eigenvalue weighted by Gasteiger charge is -2.33. The molecule has 1 aliphatic heterocycles. The van der Waals surface area contributed by atoms with Crippen LogP contribution in [0.4, 0.5) is 0 Å². The van der Waals surface area contributed by atoms with Crippen molar-refractivity contribution in [1.29, 1.82) is 0 Å². The molecule has 2 aliphatic rings. The second-order valence-corrected chi connectivity index (χ2v) is 19.0. The van der Waals surface area contributed by atoms with Gasteiger partial charge in [-0.15, -0.1) is 0 Å². The third kappa shape index (κ3) is 6.62. The summed E-state index contributed by atoms with van der Waals surface area (Å²) in [7, 11) is -1.27. The Kier molecular flexibility index (Phi) is 8.29. The van der Waals surface area contributed by atoms with Crippen LogP contribution >= 0.6 is 11.6 Å². The van der Waals surface area contributed by atoms with Crippen LogP contribution in [0.25, 0.3) is 27.9 Å². The zero-order valence-corrected chi connectivity index (χ0v) is 26.7. The lowest BCUT2D eigenvalue weighted by Crippen LogP contribution is -2.53. The van der Waals surface area contributed by atoms with Crippen molar-refractivity contribution in [2.45, 2.75) is 70.2 Å². The highest BCUT2D eigenvalue weighted by atomic mass is 35.5. The van der Waals surface area contributed by atoms with Crippen molar-refractivity contribution in [3.8, 4) is 5.82 Å². The Hall–Kier alpha value is -3.32. The van der Waals surface area contributed by atoms with Gasteiger partial charge in [0.1, 0.15) is 18.3 Å². The Balaban J connectivity index is 1.31. The van der Waals surface area contributed by atoms with E-state index >= 15 is 0 Å². The van der Waals surface area contributed by atoms with Gasteiger partial charge >= 0.3 is 0 Å². The van der Waals surface area contributed by atoms with Gasteiger partial charge in [-0.05, 0) is 55.8 Å². The maximum Gasteiger partial charge on any atom is 0.255 e. The zero-order chi connectivity index (χ0) is 30.3. The van der Waals surface area contributed by atoms with Gasteiger partial charge in [0.05, 0.1) is 23.5 Å². The summed E-state index contributed by atoms with van der Waals surface area (Å²) in [4.78, 5) is 38.9. The molecule has 3 aromatic heterocycles. The molecule has 6 rings (SSSR count). The Morgan fingerprint density at radius 1 is 1.16 bits per heavy atom. The average Bonchev–Trinajstić information content (AvgIpc) is 3.63. The molecule has 1 saturated heterocycles. The molecule has 4 aromatic rings. The number of nitrogens with zero attached hydrogens (tertiary/aromatic N) is 6. The van der Waals surface area contributed by atoms with E-state index in [2.05, 4.69) is 30.1 Å². The first-order chi connectivity index (χ1) is 20.6. The van der Waals surface area contributed by atoms with Crippen LogP contribution in [-0.2, 0) is 16.3 Å². The number of carbonyl (C=O) groups excluding carboxylic acids is 2. The lowest BCUT2D eigenvalue weighted by atomic mass is 10.0. The maximum absolute atomic E-state index is 13.9. The van der Waals surface area contributed by atoms with E-state index < -0.39 is 14.1 Å². The summed E-state index contributed by atoms with van der Waals surface area (Å²) in [6.45, 7) is 9.02. The van der Waals surface area contributed by atoms with E-state index in [-0.39, 0.29) is 30.5 Å². The number of nitrogens with two attached hydrogens (primary N) is 1. The molecule has 43 heavy (non-hydrogen) atoms. The fourth-order valence-electron chi connectivity index (χ4n) is 5.48. The van der Waals surface area contributed by atoms with E-state index in [1.54, 1.807) is 29.3 Å². The lowest BCUT2D eigenvalue weighted by molar-refractivity contribution is -0.134. The minimum absolute atomic E-state index is 0.0328. The van der Waals surface area contributed by atoms with Crippen LogP contribution in [0.15, 0.2) is 36.8 Å². The van der Waals surface area contributed by atoms with Crippen LogP contribution in [0.1, 0.15) is 36.0 Å². The molecule has 0 unspecified atom stereocenters. The highest BCUT2D eigenvalue weighted by Crippen LogP contribution is 2.34. The molecule has 1 saturated carbocycles. The number of hydrogen-bond donors (Lipinski definition) is 2. The summed E-state index contributed by atoms with van der Waals surface area (Å²) >= 11 is 6.18. The predicted molar refractivity (Wildman–Crippen MR) is 169 cm³/mol. The number of rotatable bonds is 10. The molecule has 1 aromatic carbocycles. The summed E-state index contributed by atoms with van der Waals surface area (Å²) in [5.41, 5.74) is 8.18. The van der Waals surface area contributed by atoms with Crippen molar-refractivity contribution in [3.63, 3.8) is 0 Å². The standard InChI is InChI=1S/C30H39ClN8O3Si/c1-43(2,3)13-12-42-18-38-17-23(29(40)36-26(19-4-5-19)30(41)37-10-8-22(32)9-11-37)27-28(38)33-16-25(35-27)39-24-7-6-21(31)14-20(24)15-34-39/h6-7,14-17,19,22,26H,4-5,8-13,18,32H2,1-3H3,(H,36,40)/t26-/m1/s1. The smallest absolute Gasteiger partial charge is 0.255 e. The van der Waals surface area contributed by atoms with Crippen LogP contribution in [0.5, 0.6) is 0 Å². The Labute approximate surface area is 256 Å². The van der Waals surface area contributed by atoms with Crippen molar-refractivity contribution >= 4 is 53.6 Å². The van der Waals surface area contributed by atoms with Gasteiger partial charge in [0.15, 0.2) is 11.5 Å². The summed E-state index contributed by atoms with van der Waals surface area (Å²) in [5.74, 6) is 0.216. The van der Waals surface area contributed by atoms with E-state index in [1.807, 2.05) is 21.6 Å². The van der Waals surface area contributed by atoms with E-state index in [0.717, 1.165) is 42.6 Å². The Morgan fingerprint density at radius 3 is 2.65 bits per heavy atom. The van der Waals surface area contributed by atoms with Crippen molar-refractivity contribution in [1.82, 2.24) is 34.5 Å². The highest BCUT2D eigenvalue weighted by molar-refractivity contribution is 6.76. The monoisotopic (exact) mass is 622 g/mol. The quantitative estimate of drug-likeness (QED) is 0.200. The maximum atomic E-state index is 13.9. The van der Waals surface area contributed by atoms with Crippen molar-refractivity contribution in [2.75, 3.05) is 19.7 Å². The van der Waals surface area contributed by atoms with Crippen molar-refractivity contribution < 1.29 is 14.3 Å². The van der Waals surface area contributed by atoms with E-state index in [1.165, 1.54) is 0 Å². The number of piperidine rings is 1. The number of halogens is 1. The second-order valence-electron chi connectivity index (χ2n) is 13.0. The van der Waals surface area contributed by atoms with E-state index in [0.29, 0.717) is 47.3 Å². The minimum atomic E-state index is -1.27. The fourth-order valence-corrected chi connectivity index (χ4v) is 6.42. The van der Waals surface area contributed by atoms with Crippen LogP contribution in [0.2, 0.25) is 30.7 Å². The van der Waals surface area contributed by atoms with Crippen LogP contribution < -0.4 is 11.1 Å². The predicted octanol–water partition coefficient (Wildman–Crippen LogP) is 4.19. The molecular weight excluding hydrogens is 584 g/mol. The molecule has 13 heteroatoms. The van der Waals surface area contributed by atoms with Gasteiger partial charge in [0.2, 0.25) is 5.91 Å². The number of hydrogen-bond acceptors (Lipinski definition) is 7. The number of likely N-dealkylation sites (tertiary alicyclic amines) is 1. The number of ether oxygens (including phenoxy) is 1. The van der Waals surface area contributed by atoms with E-state index in [4.69, 9.17) is 32.0 Å². The third-order valence-electron chi connectivity index (χ3n) is 8.27. The molecule has 11 nitrogen and oxygen atoms in total. The van der Waals surface area contributed by atoms with Crippen LogP contribution in [-0.4, -0.2) is 80.9 Å². The number of carbonyl (C=O) groups is 2. The SMILES string of the molecule is C[Si](C)(C)CCOCn1cc(C(=O)N[C@@H](C(=O)N2CCC(N)CC2)C2CC2)c2nc(-n3ncc4cc(Cl)ccc43)cnc21. The average molecular weight is 623 g/mol. The second kappa shape index (κ2) is 12.0. The summed E-state index contributed by atoms with van der Waals surface area (Å²) < 4.78 is 9.51. The van der Waals surface area contributed by atoms with Gasteiger partial charge in [-0.1, -0.05) is 31.2 Å². The molecule has 0 spiro atoms. The zero-order valence-electron chi connectivity index (χ0n) is 24.9. The number of aromatic nitrogens is 5. The molecule has 0 bridgehead atoms. The Bertz CT molecular complexity index is 1650. The van der Waals surface area contributed by atoms with Gasteiger partial charge in [0.25, 0.3) is 5.91 Å². The van der Waals surface area contributed by atoms with Gasteiger partial charge in [-0.2, -0.15) is 5.10 Å². The summed E-state index contributed by atoms with van der Waals surface area (Å²) in [5, 5.41) is 9.06. The molecule has 228 valence electrons. The third-order valence-corrected chi connectivity index (χ3v) is 10.2. The molecular formula is C30H39ClN8O3Si. The molecule has 3 N–H and O–H groups in total. The van der Waals surface area contributed by atoms with Crippen LogP contribution in [0.3, 0.4) is 0 Å². The van der Waals surface area contributed by atoms with Crippen molar-refractivity contribution in [3.05, 3.63) is 47.4 Å². The van der Waals surface area contributed by atoms with Gasteiger partial charge < -0.3 is 25.3 Å². The largest absolute Gasteiger partial charge is 0.361 e. The number of amides is 2. The van der Waals surface area contributed by atoms with Gasteiger partial charge in [-0.25, -0.2) is 14.6 Å². The topological polar surface area (TPSA) is 133 Å². The van der Waals surface area contributed by atoms with Gasteiger partial charge in [0, 0.05) is 50.4 Å². The molecule has 1 atom stereocenters. The van der Waals surface area contributed by atoms with Crippen molar-refractivity contribution in [2.24, 2.45) is 11.7 Å². The Morgan fingerprint density at radius 2 is 1.93 bits per heavy atom. The highest BCUT2D eigenvalue weighted by Gasteiger charge is 2.40. The fraction of sp³-hybridized carbons (Fsp3) is 0.500. The molecule has 2 amide bonds. The first-order valence-corrected chi connectivity index (χ1v) is 19.1. The minimum Gasteiger partial charge on any atom is -0.361 e.